The van der Waals surface area contributed by atoms with Crippen LogP contribution in [0.3, 0.4) is 0 Å². The molecule has 1 aliphatic heterocycles. The second kappa shape index (κ2) is 6.43. The molecule has 0 spiro atoms. The highest BCUT2D eigenvalue weighted by atomic mass is 16.5. The summed E-state index contributed by atoms with van der Waals surface area (Å²) in [7, 11) is 6.36. The number of hydrogen-bond acceptors (Lipinski definition) is 4. The molecule has 0 amide bonds. The molecule has 0 aromatic carbocycles. The van der Waals surface area contributed by atoms with E-state index in [2.05, 4.69) is 30.9 Å². The maximum Gasteiger partial charge on any atom is 0.0707 e. The Morgan fingerprint density at radius 1 is 1.13 bits per heavy atom. The van der Waals surface area contributed by atoms with E-state index in [9.17, 15) is 0 Å². The summed E-state index contributed by atoms with van der Waals surface area (Å²) in [4.78, 5) is 4.54. The summed E-state index contributed by atoms with van der Waals surface area (Å²) in [6.07, 6.45) is 2.99. The van der Waals surface area contributed by atoms with Crippen molar-refractivity contribution >= 4 is 0 Å². The lowest BCUT2D eigenvalue weighted by molar-refractivity contribution is 0.0310. The van der Waals surface area contributed by atoms with Gasteiger partial charge in [0.05, 0.1) is 12.2 Å². The van der Waals surface area contributed by atoms with Gasteiger partial charge >= 0.3 is 0 Å². The molecule has 1 fully saturated rings. The van der Waals surface area contributed by atoms with E-state index >= 15 is 0 Å². The van der Waals surface area contributed by atoms with Gasteiger partial charge in [-0.05, 0) is 34.0 Å². The Hall–Kier alpha value is -0.160. The molecule has 2 unspecified atom stereocenters. The number of rotatable bonds is 6. The third-order valence-electron chi connectivity index (χ3n) is 2.90. The van der Waals surface area contributed by atoms with Gasteiger partial charge in [-0.15, -0.1) is 0 Å². The van der Waals surface area contributed by atoms with E-state index in [1.54, 1.807) is 0 Å². The molecule has 0 radical (unpaired) electrons. The average molecular weight is 215 g/mol. The normalized spacial score (nSPS) is 26.8. The van der Waals surface area contributed by atoms with Crippen molar-refractivity contribution in [3.05, 3.63) is 0 Å². The first kappa shape index (κ1) is 12.9. The van der Waals surface area contributed by atoms with Crippen LogP contribution < -0.4 is 5.73 Å². The minimum Gasteiger partial charge on any atom is -0.372 e. The molecule has 1 heterocycles. The van der Waals surface area contributed by atoms with Crippen LogP contribution in [0.2, 0.25) is 0 Å². The molecular formula is C11H25N3O. The summed E-state index contributed by atoms with van der Waals surface area (Å²) in [6, 6.07) is 0. The van der Waals surface area contributed by atoms with Crippen molar-refractivity contribution in [1.29, 1.82) is 0 Å². The Bertz CT molecular complexity index is 175. The zero-order chi connectivity index (χ0) is 11.3. The summed E-state index contributed by atoms with van der Waals surface area (Å²) in [5, 5.41) is 0. The van der Waals surface area contributed by atoms with Crippen molar-refractivity contribution in [2.45, 2.75) is 25.0 Å². The van der Waals surface area contributed by atoms with E-state index in [4.69, 9.17) is 10.5 Å². The van der Waals surface area contributed by atoms with Gasteiger partial charge in [-0.1, -0.05) is 0 Å². The second-order valence-electron chi connectivity index (χ2n) is 4.76. The molecule has 0 saturated carbocycles. The minimum atomic E-state index is 0.303. The van der Waals surface area contributed by atoms with Crippen LogP contribution in [0.25, 0.3) is 0 Å². The first-order valence-electron chi connectivity index (χ1n) is 5.80. The Balaban J connectivity index is 2.13. The van der Waals surface area contributed by atoms with Gasteiger partial charge in [0.1, 0.15) is 0 Å². The summed E-state index contributed by atoms with van der Waals surface area (Å²) in [5.74, 6) is 0. The van der Waals surface area contributed by atoms with Gasteiger partial charge in [-0.3, -0.25) is 0 Å². The molecule has 4 heteroatoms. The van der Waals surface area contributed by atoms with Crippen molar-refractivity contribution in [3.63, 3.8) is 0 Å². The van der Waals surface area contributed by atoms with E-state index in [-0.39, 0.29) is 0 Å². The quantitative estimate of drug-likeness (QED) is 0.676. The number of hydrogen-bond donors (Lipinski definition) is 1. The third kappa shape index (κ3) is 4.93. The Morgan fingerprint density at radius 3 is 2.33 bits per heavy atom. The highest BCUT2D eigenvalue weighted by molar-refractivity contribution is 4.76. The fourth-order valence-corrected chi connectivity index (χ4v) is 1.90. The summed E-state index contributed by atoms with van der Waals surface area (Å²) in [6.45, 7) is 3.89. The predicted octanol–water partition coefficient (Wildman–Crippen LogP) is -0.0139. The molecule has 1 aliphatic rings. The van der Waals surface area contributed by atoms with Crippen LogP contribution in [-0.4, -0.2) is 69.3 Å². The summed E-state index contributed by atoms with van der Waals surface area (Å²) in [5.41, 5.74) is 5.58. The van der Waals surface area contributed by atoms with Crippen LogP contribution in [0.1, 0.15) is 12.8 Å². The lowest BCUT2D eigenvalue weighted by Crippen LogP contribution is -2.35. The zero-order valence-electron chi connectivity index (χ0n) is 10.3. The number of likely N-dealkylation sites (N-methyl/N-ethyl adjacent to an activating group) is 2. The standard InChI is InChI=1S/C11H25N3O/c1-13(2)6-7-14(3)9-11-5-4-10(8-12)15-11/h10-11H,4-9,12H2,1-3H3. The average Bonchev–Trinajstić information content (AvgIpc) is 2.62. The molecule has 2 N–H and O–H groups in total. The van der Waals surface area contributed by atoms with Crippen molar-refractivity contribution in [3.8, 4) is 0 Å². The molecule has 90 valence electrons. The van der Waals surface area contributed by atoms with Crippen molar-refractivity contribution in [2.24, 2.45) is 5.73 Å². The maximum atomic E-state index is 5.81. The van der Waals surface area contributed by atoms with Gasteiger partial charge < -0.3 is 20.3 Å². The van der Waals surface area contributed by atoms with Crippen LogP contribution in [0, 0.1) is 0 Å². The van der Waals surface area contributed by atoms with Gasteiger partial charge in [0, 0.05) is 26.2 Å². The lowest BCUT2D eigenvalue weighted by Gasteiger charge is -2.22. The molecule has 0 aromatic rings. The molecule has 0 aromatic heterocycles. The molecule has 1 rings (SSSR count). The maximum absolute atomic E-state index is 5.81. The van der Waals surface area contributed by atoms with Gasteiger partial charge in [0.2, 0.25) is 0 Å². The summed E-state index contributed by atoms with van der Waals surface area (Å²) >= 11 is 0. The lowest BCUT2D eigenvalue weighted by atomic mass is 10.2. The van der Waals surface area contributed by atoms with Crippen LogP contribution in [0.4, 0.5) is 0 Å². The number of nitrogens with zero attached hydrogens (tertiary/aromatic N) is 2. The molecule has 15 heavy (non-hydrogen) atoms. The van der Waals surface area contributed by atoms with Crippen molar-refractivity contribution in [1.82, 2.24) is 9.80 Å². The summed E-state index contributed by atoms with van der Waals surface area (Å²) < 4.78 is 5.81. The topological polar surface area (TPSA) is 41.7 Å². The van der Waals surface area contributed by atoms with E-state index in [1.807, 2.05) is 0 Å². The Labute approximate surface area is 93.4 Å². The van der Waals surface area contributed by atoms with E-state index in [1.165, 1.54) is 0 Å². The first-order chi connectivity index (χ1) is 7.11. The second-order valence-corrected chi connectivity index (χ2v) is 4.76. The predicted molar refractivity (Wildman–Crippen MR) is 63.0 cm³/mol. The van der Waals surface area contributed by atoms with Crippen LogP contribution >= 0.6 is 0 Å². The Kier molecular flexibility index (Phi) is 5.53. The van der Waals surface area contributed by atoms with Gasteiger partial charge in [0.25, 0.3) is 0 Å². The van der Waals surface area contributed by atoms with Crippen molar-refractivity contribution in [2.75, 3.05) is 47.3 Å². The van der Waals surface area contributed by atoms with Gasteiger partial charge in [0.15, 0.2) is 0 Å². The molecule has 1 saturated heterocycles. The Morgan fingerprint density at radius 2 is 1.80 bits per heavy atom. The largest absolute Gasteiger partial charge is 0.372 e. The molecule has 0 bridgehead atoms. The van der Waals surface area contributed by atoms with E-state index in [0.29, 0.717) is 18.8 Å². The van der Waals surface area contributed by atoms with Gasteiger partial charge in [-0.2, -0.15) is 0 Å². The first-order valence-corrected chi connectivity index (χ1v) is 5.80. The molecule has 0 aliphatic carbocycles. The molecular weight excluding hydrogens is 190 g/mol. The fourth-order valence-electron chi connectivity index (χ4n) is 1.90. The van der Waals surface area contributed by atoms with E-state index in [0.717, 1.165) is 32.5 Å². The van der Waals surface area contributed by atoms with Crippen LogP contribution in [-0.2, 0) is 4.74 Å². The molecule has 4 nitrogen and oxygen atoms in total. The van der Waals surface area contributed by atoms with Crippen LogP contribution in [0.5, 0.6) is 0 Å². The SMILES string of the molecule is CN(C)CCN(C)CC1CCC(CN)O1. The van der Waals surface area contributed by atoms with Crippen LogP contribution in [0.15, 0.2) is 0 Å². The smallest absolute Gasteiger partial charge is 0.0707 e. The zero-order valence-corrected chi connectivity index (χ0v) is 10.3. The highest BCUT2D eigenvalue weighted by Crippen LogP contribution is 2.19. The van der Waals surface area contributed by atoms with Crippen molar-refractivity contribution < 1.29 is 4.74 Å². The fraction of sp³-hybridized carbons (Fsp3) is 1.00. The number of nitrogens with two attached hydrogens (primary N) is 1. The van der Waals surface area contributed by atoms with Gasteiger partial charge in [-0.25, -0.2) is 0 Å². The molecule has 2 atom stereocenters. The monoisotopic (exact) mass is 215 g/mol. The third-order valence-corrected chi connectivity index (χ3v) is 2.90. The minimum absolute atomic E-state index is 0.303. The van der Waals surface area contributed by atoms with E-state index < -0.39 is 0 Å². The number of ether oxygens (including phenoxy) is 1. The highest BCUT2D eigenvalue weighted by Gasteiger charge is 2.24.